The summed E-state index contributed by atoms with van der Waals surface area (Å²) in [5, 5.41) is 8.98. The average molecular weight is 216 g/mol. The molecular weight excluding hydrogens is 204 g/mol. The van der Waals surface area contributed by atoms with E-state index in [0.29, 0.717) is 5.56 Å². The molecule has 78 valence electrons. The molecule has 0 spiro atoms. The zero-order chi connectivity index (χ0) is 10.8. The van der Waals surface area contributed by atoms with Crippen LogP contribution in [0.2, 0.25) is 0 Å². The van der Waals surface area contributed by atoms with Crippen molar-refractivity contribution in [3.8, 4) is 5.75 Å². The van der Waals surface area contributed by atoms with E-state index in [2.05, 4.69) is 0 Å². The summed E-state index contributed by atoms with van der Waals surface area (Å²) in [4.78, 5) is 0.0602. The maximum atomic E-state index is 11.4. The standard InChI is InChI=1S/C9H12O4S/c1-13-8-5-3-4-7(6-10)9(8)14(2,11)12/h3-5,10H,6H2,1-2H3. The molecule has 0 amide bonds. The van der Waals surface area contributed by atoms with Crippen molar-refractivity contribution in [2.75, 3.05) is 13.4 Å². The Balaban J connectivity index is 3.50. The number of hydrogen-bond acceptors (Lipinski definition) is 4. The van der Waals surface area contributed by atoms with Gasteiger partial charge in [0.1, 0.15) is 10.6 Å². The highest BCUT2D eigenvalue weighted by atomic mass is 32.2. The van der Waals surface area contributed by atoms with E-state index in [1.165, 1.54) is 7.11 Å². The van der Waals surface area contributed by atoms with E-state index in [0.717, 1.165) is 6.26 Å². The van der Waals surface area contributed by atoms with E-state index in [-0.39, 0.29) is 17.3 Å². The van der Waals surface area contributed by atoms with Gasteiger partial charge in [-0.2, -0.15) is 0 Å². The molecule has 0 aromatic heterocycles. The van der Waals surface area contributed by atoms with Crippen molar-refractivity contribution >= 4 is 9.84 Å². The van der Waals surface area contributed by atoms with Crippen LogP contribution in [0.5, 0.6) is 5.75 Å². The Morgan fingerprint density at radius 3 is 2.50 bits per heavy atom. The van der Waals surface area contributed by atoms with Crippen molar-refractivity contribution in [2.24, 2.45) is 0 Å². The molecule has 0 fully saturated rings. The van der Waals surface area contributed by atoms with Crippen molar-refractivity contribution < 1.29 is 18.3 Å². The summed E-state index contributed by atoms with van der Waals surface area (Å²) >= 11 is 0. The molecule has 0 saturated heterocycles. The Hall–Kier alpha value is -1.07. The van der Waals surface area contributed by atoms with Crippen molar-refractivity contribution in [1.29, 1.82) is 0 Å². The van der Waals surface area contributed by atoms with Crippen LogP contribution < -0.4 is 4.74 Å². The van der Waals surface area contributed by atoms with Crippen LogP contribution in [-0.4, -0.2) is 26.9 Å². The zero-order valence-electron chi connectivity index (χ0n) is 8.02. The van der Waals surface area contributed by atoms with Crippen LogP contribution in [0.4, 0.5) is 0 Å². The zero-order valence-corrected chi connectivity index (χ0v) is 8.84. The van der Waals surface area contributed by atoms with Gasteiger partial charge in [0.15, 0.2) is 9.84 Å². The van der Waals surface area contributed by atoms with Gasteiger partial charge < -0.3 is 9.84 Å². The number of benzene rings is 1. The van der Waals surface area contributed by atoms with Gasteiger partial charge in [0.05, 0.1) is 13.7 Å². The van der Waals surface area contributed by atoms with Crippen LogP contribution in [0.1, 0.15) is 5.56 Å². The van der Waals surface area contributed by atoms with Gasteiger partial charge in [0.2, 0.25) is 0 Å². The fourth-order valence-electron chi connectivity index (χ4n) is 1.27. The summed E-state index contributed by atoms with van der Waals surface area (Å²) in [6, 6.07) is 4.74. The van der Waals surface area contributed by atoms with Crippen molar-refractivity contribution in [1.82, 2.24) is 0 Å². The Bertz CT molecular complexity index is 400. The molecule has 4 nitrogen and oxygen atoms in total. The average Bonchev–Trinajstić information content (AvgIpc) is 2.15. The molecule has 5 heteroatoms. The van der Waals surface area contributed by atoms with Gasteiger partial charge in [-0.05, 0) is 11.6 Å². The maximum Gasteiger partial charge on any atom is 0.179 e. The minimum absolute atomic E-state index is 0.0602. The molecule has 0 aliphatic carbocycles. The summed E-state index contributed by atoms with van der Waals surface area (Å²) in [6.07, 6.45) is 1.09. The summed E-state index contributed by atoms with van der Waals surface area (Å²) in [5.74, 6) is 0.263. The predicted molar refractivity (Wildman–Crippen MR) is 52.0 cm³/mol. The highest BCUT2D eigenvalue weighted by molar-refractivity contribution is 7.90. The molecule has 1 rings (SSSR count). The van der Waals surface area contributed by atoms with Gasteiger partial charge in [0, 0.05) is 6.26 Å². The van der Waals surface area contributed by atoms with E-state index in [1.807, 2.05) is 0 Å². The predicted octanol–water partition coefficient (Wildman–Crippen LogP) is 0.591. The fraction of sp³-hybridized carbons (Fsp3) is 0.333. The Labute approximate surface area is 83.1 Å². The molecule has 0 unspecified atom stereocenters. The number of sulfone groups is 1. The van der Waals surface area contributed by atoms with Crippen LogP contribution in [0.25, 0.3) is 0 Å². The molecule has 0 aliphatic heterocycles. The molecule has 1 aromatic rings. The van der Waals surface area contributed by atoms with E-state index in [4.69, 9.17) is 9.84 Å². The number of rotatable bonds is 3. The lowest BCUT2D eigenvalue weighted by atomic mass is 10.2. The summed E-state index contributed by atoms with van der Waals surface area (Å²) < 4.78 is 27.7. The largest absolute Gasteiger partial charge is 0.495 e. The molecule has 0 bridgehead atoms. The SMILES string of the molecule is COc1cccc(CO)c1S(C)(=O)=O. The van der Waals surface area contributed by atoms with E-state index >= 15 is 0 Å². The normalized spacial score (nSPS) is 11.4. The van der Waals surface area contributed by atoms with Gasteiger partial charge in [0.25, 0.3) is 0 Å². The lowest BCUT2D eigenvalue weighted by Crippen LogP contribution is -2.05. The van der Waals surface area contributed by atoms with Crippen molar-refractivity contribution in [3.63, 3.8) is 0 Å². The van der Waals surface area contributed by atoms with E-state index in [1.54, 1.807) is 18.2 Å². The molecule has 1 N–H and O–H groups in total. The lowest BCUT2D eigenvalue weighted by molar-refractivity contribution is 0.276. The second-order valence-electron chi connectivity index (χ2n) is 2.88. The van der Waals surface area contributed by atoms with Crippen molar-refractivity contribution in [2.45, 2.75) is 11.5 Å². The molecule has 1 aromatic carbocycles. The fourth-order valence-corrected chi connectivity index (χ4v) is 2.39. The van der Waals surface area contributed by atoms with E-state index in [9.17, 15) is 8.42 Å². The molecule has 0 heterocycles. The maximum absolute atomic E-state index is 11.4. The van der Waals surface area contributed by atoms with Crippen molar-refractivity contribution in [3.05, 3.63) is 23.8 Å². The first-order valence-corrected chi connectivity index (χ1v) is 5.86. The third-order valence-electron chi connectivity index (χ3n) is 1.82. The minimum Gasteiger partial charge on any atom is -0.495 e. The van der Waals surface area contributed by atoms with Gasteiger partial charge in [-0.1, -0.05) is 12.1 Å². The number of aliphatic hydroxyl groups excluding tert-OH is 1. The van der Waals surface area contributed by atoms with Gasteiger partial charge in [-0.25, -0.2) is 8.42 Å². The summed E-state index contributed by atoms with van der Waals surface area (Å²) in [5.41, 5.74) is 0.354. The van der Waals surface area contributed by atoms with Gasteiger partial charge in [-0.3, -0.25) is 0 Å². The van der Waals surface area contributed by atoms with Crippen LogP contribution in [0.3, 0.4) is 0 Å². The molecule has 0 radical (unpaired) electrons. The lowest BCUT2D eigenvalue weighted by Gasteiger charge is -2.10. The molecule has 0 aliphatic rings. The topological polar surface area (TPSA) is 63.6 Å². The molecule has 14 heavy (non-hydrogen) atoms. The first-order valence-electron chi connectivity index (χ1n) is 3.97. The minimum atomic E-state index is -3.37. The third kappa shape index (κ3) is 2.05. The highest BCUT2D eigenvalue weighted by Crippen LogP contribution is 2.27. The first-order chi connectivity index (χ1) is 6.50. The Morgan fingerprint density at radius 2 is 2.07 bits per heavy atom. The Kier molecular flexibility index (Phi) is 3.13. The summed E-state index contributed by atoms with van der Waals surface area (Å²) in [7, 11) is -1.98. The van der Waals surface area contributed by atoms with Crippen LogP contribution in [0, 0.1) is 0 Å². The number of methoxy groups -OCH3 is 1. The van der Waals surface area contributed by atoms with Gasteiger partial charge in [-0.15, -0.1) is 0 Å². The summed E-state index contributed by atoms with van der Waals surface area (Å²) in [6.45, 7) is -0.320. The number of aliphatic hydroxyl groups is 1. The van der Waals surface area contributed by atoms with E-state index < -0.39 is 9.84 Å². The van der Waals surface area contributed by atoms with Crippen LogP contribution in [0.15, 0.2) is 23.1 Å². The highest BCUT2D eigenvalue weighted by Gasteiger charge is 2.18. The Morgan fingerprint density at radius 1 is 1.43 bits per heavy atom. The molecule has 0 atom stereocenters. The quantitative estimate of drug-likeness (QED) is 0.803. The molecule has 0 saturated carbocycles. The van der Waals surface area contributed by atoms with Crippen LogP contribution in [-0.2, 0) is 16.4 Å². The molecular formula is C9H12O4S. The number of hydrogen-bond donors (Lipinski definition) is 1. The second kappa shape index (κ2) is 3.98. The van der Waals surface area contributed by atoms with Gasteiger partial charge >= 0.3 is 0 Å². The second-order valence-corrected chi connectivity index (χ2v) is 4.83. The smallest absolute Gasteiger partial charge is 0.179 e. The third-order valence-corrected chi connectivity index (χ3v) is 3.03. The number of ether oxygens (including phenoxy) is 1. The first kappa shape index (κ1) is 11.0. The van der Waals surface area contributed by atoms with Crippen LogP contribution >= 0.6 is 0 Å². The monoisotopic (exact) mass is 216 g/mol.